The van der Waals surface area contributed by atoms with Crippen LogP contribution in [0, 0.1) is 10.8 Å². The SMILES string of the molecule is CC12CC(Cl)=C3c4ccc5nn(SI)cc5c4CC3(C1)C2. The monoisotopic (exact) mass is 428 g/mol. The fraction of sp³-hybridized carbons (Fsp3) is 0.438. The summed E-state index contributed by atoms with van der Waals surface area (Å²) >= 11 is 8.96. The molecule has 2 nitrogen and oxygen atoms in total. The highest BCUT2D eigenvalue weighted by Gasteiger charge is 2.60. The lowest BCUT2D eigenvalue weighted by atomic mass is 9.46. The molecule has 2 aromatic rings. The van der Waals surface area contributed by atoms with Crippen molar-refractivity contribution in [1.82, 2.24) is 9.19 Å². The van der Waals surface area contributed by atoms with Crippen LogP contribution in [0.2, 0.25) is 0 Å². The van der Waals surface area contributed by atoms with E-state index in [1.807, 2.05) is 4.09 Å². The van der Waals surface area contributed by atoms with Crippen LogP contribution in [-0.2, 0) is 6.42 Å². The molecular formula is C16H14ClIN2S. The molecule has 5 heteroatoms. The Bertz CT molecular complexity index is 832. The molecule has 0 unspecified atom stereocenters. The predicted molar refractivity (Wildman–Crippen MR) is 97.6 cm³/mol. The number of aromatic nitrogens is 2. The third-order valence-corrected chi connectivity index (χ3v) is 7.41. The zero-order chi connectivity index (χ0) is 14.4. The lowest BCUT2D eigenvalue weighted by Crippen LogP contribution is -2.48. The first-order valence-electron chi connectivity index (χ1n) is 7.24. The van der Waals surface area contributed by atoms with E-state index in [0.717, 1.165) is 23.4 Å². The standard InChI is InChI=1S/C16H14ClIN2S/c1-15-5-12(17)14-9-2-3-13-11(6-20(19-13)21-18)10(9)4-16(14,7-15)8-15/h2-3,6H,4-5,7-8H2,1H3. The van der Waals surface area contributed by atoms with Crippen molar-refractivity contribution >= 4 is 58.4 Å². The summed E-state index contributed by atoms with van der Waals surface area (Å²) in [4.78, 5) is 0. The molecule has 21 heavy (non-hydrogen) atoms. The predicted octanol–water partition coefficient (Wildman–Crippen LogP) is 5.58. The first-order chi connectivity index (χ1) is 10.0. The number of rotatable bonds is 1. The van der Waals surface area contributed by atoms with Crippen LogP contribution < -0.4 is 0 Å². The molecule has 1 saturated carbocycles. The number of allylic oxidation sites excluding steroid dienone is 2. The summed E-state index contributed by atoms with van der Waals surface area (Å²) in [6.45, 7) is 2.39. The van der Waals surface area contributed by atoms with Gasteiger partial charge >= 0.3 is 0 Å². The van der Waals surface area contributed by atoms with E-state index in [0.29, 0.717) is 10.8 Å². The van der Waals surface area contributed by atoms with Crippen molar-refractivity contribution in [1.29, 1.82) is 0 Å². The summed E-state index contributed by atoms with van der Waals surface area (Å²) in [5, 5.41) is 7.04. The molecule has 0 amide bonds. The van der Waals surface area contributed by atoms with E-state index in [1.54, 1.807) is 9.12 Å². The molecule has 6 rings (SSSR count). The van der Waals surface area contributed by atoms with Gasteiger partial charge in [-0.05, 0) is 53.9 Å². The Kier molecular flexibility index (Phi) is 2.53. The van der Waals surface area contributed by atoms with Crippen molar-refractivity contribution in [3.63, 3.8) is 0 Å². The molecule has 108 valence electrons. The molecule has 0 radical (unpaired) electrons. The second-order valence-corrected chi connectivity index (χ2v) is 9.35. The van der Waals surface area contributed by atoms with E-state index < -0.39 is 0 Å². The Morgan fingerprint density at radius 2 is 2.14 bits per heavy atom. The van der Waals surface area contributed by atoms with Gasteiger partial charge < -0.3 is 0 Å². The van der Waals surface area contributed by atoms with E-state index in [1.165, 1.54) is 34.9 Å². The molecule has 0 saturated heterocycles. The van der Waals surface area contributed by atoms with Crippen LogP contribution in [0.4, 0.5) is 0 Å². The van der Waals surface area contributed by atoms with Gasteiger partial charge in [0, 0.05) is 52.4 Å². The van der Waals surface area contributed by atoms with Gasteiger partial charge in [0.05, 0.1) is 5.52 Å². The third-order valence-electron chi connectivity index (χ3n) is 5.55. The summed E-state index contributed by atoms with van der Waals surface area (Å²) in [5.41, 5.74) is 6.21. The van der Waals surface area contributed by atoms with Gasteiger partial charge in [-0.15, -0.1) is 0 Å². The maximum Gasteiger partial charge on any atom is 0.0937 e. The second kappa shape index (κ2) is 4.01. The lowest BCUT2D eigenvalue weighted by molar-refractivity contribution is 0.0151. The maximum atomic E-state index is 6.69. The zero-order valence-corrected chi connectivity index (χ0v) is 15.3. The van der Waals surface area contributed by atoms with Crippen LogP contribution >= 0.6 is 41.9 Å². The number of hydrogen-bond donors (Lipinski definition) is 0. The fourth-order valence-corrected chi connectivity index (χ4v) is 6.70. The van der Waals surface area contributed by atoms with E-state index >= 15 is 0 Å². The van der Waals surface area contributed by atoms with Gasteiger partial charge in [0.15, 0.2) is 0 Å². The first kappa shape index (κ1) is 13.3. The zero-order valence-electron chi connectivity index (χ0n) is 11.6. The fourth-order valence-electron chi connectivity index (χ4n) is 5.21. The lowest BCUT2D eigenvalue weighted by Gasteiger charge is -2.58. The van der Waals surface area contributed by atoms with Gasteiger partial charge in [0.25, 0.3) is 0 Å². The minimum atomic E-state index is 0.334. The summed E-state index contributed by atoms with van der Waals surface area (Å²) in [6, 6.07) is 4.40. The molecule has 0 aliphatic heterocycles. The molecule has 1 spiro atoms. The average molecular weight is 429 g/mol. The van der Waals surface area contributed by atoms with Crippen molar-refractivity contribution in [3.8, 4) is 0 Å². The minimum Gasteiger partial charge on any atom is -0.203 e. The first-order valence-corrected chi connectivity index (χ1v) is 10.9. The summed E-state index contributed by atoms with van der Waals surface area (Å²) in [7, 11) is 1.61. The van der Waals surface area contributed by atoms with Crippen LogP contribution in [-0.4, -0.2) is 9.19 Å². The molecule has 2 bridgehead atoms. The molecule has 4 aliphatic carbocycles. The molecule has 1 aromatic heterocycles. The van der Waals surface area contributed by atoms with E-state index in [-0.39, 0.29) is 0 Å². The van der Waals surface area contributed by atoms with E-state index in [9.17, 15) is 0 Å². The largest absolute Gasteiger partial charge is 0.203 e. The summed E-state index contributed by atoms with van der Waals surface area (Å²) in [6.07, 6.45) is 6.99. The molecule has 0 atom stereocenters. The number of fused-ring (bicyclic) bond motifs is 4. The van der Waals surface area contributed by atoms with Gasteiger partial charge in [-0.3, -0.25) is 0 Å². The van der Waals surface area contributed by atoms with E-state index in [2.05, 4.69) is 51.6 Å². The van der Waals surface area contributed by atoms with Gasteiger partial charge in [-0.2, -0.15) is 5.10 Å². The quantitative estimate of drug-likeness (QED) is 0.552. The Hall–Kier alpha value is -0.200. The van der Waals surface area contributed by atoms with Crippen molar-refractivity contribution in [2.75, 3.05) is 0 Å². The highest BCUT2D eigenvalue weighted by molar-refractivity contribution is 14.2. The average Bonchev–Trinajstić information content (AvgIpc) is 2.94. The molecule has 1 fully saturated rings. The number of halogens is 2. The minimum absolute atomic E-state index is 0.334. The van der Waals surface area contributed by atoms with Crippen molar-refractivity contribution in [3.05, 3.63) is 34.5 Å². The summed E-state index contributed by atoms with van der Waals surface area (Å²) < 4.78 is 1.95. The molecule has 1 aromatic carbocycles. The van der Waals surface area contributed by atoms with Crippen LogP contribution in [0.1, 0.15) is 37.3 Å². The third kappa shape index (κ3) is 1.59. The van der Waals surface area contributed by atoms with Gasteiger partial charge in [0.2, 0.25) is 0 Å². The summed E-state index contributed by atoms with van der Waals surface area (Å²) in [5.74, 6) is 0. The van der Waals surface area contributed by atoms with Gasteiger partial charge in [-0.25, -0.2) is 4.09 Å². The van der Waals surface area contributed by atoms with Crippen molar-refractivity contribution in [2.45, 2.75) is 32.6 Å². The number of nitrogens with zero attached hydrogens (tertiary/aromatic N) is 2. The molecule has 1 heterocycles. The van der Waals surface area contributed by atoms with Crippen LogP contribution in [0.3, 0.4) is 0 Å². The van der Waals surface area contributed by atoms with Crippen LogP contribution in [0.5, 0.6) is 0 Å². The smallest absolute Gasteiger partial charge is 0.0937 e. The Labute approximate surface area is 145 Å². The van der Waals surface area contributed by atoms with Crippen molar-refractivity contribution in [2.24, 2.45) is 10.8 Å². The maximum absolute atomic E-state index is 6.69. The van der Waals surface area contributed by atoms with Gasteiger partial charge in [0.1, 0.15) is 0 Å². The Morgan fingerprint density at radius 1 is 1.33 bits per heavy atom. The molecule has 4 aliphatic rings. The highest BCUT2D eigenvalue weighted by Crippen LogP contribution is 2.72. The highest BCUT2D eigenvalue weighted by atomic mass is 127. The molecule has 0 N–H and O–H groups in total. The number of hydrogen-bond acceptors (Lipinski definition) is 2. The van der Waals surface area contributed by atoms with E-state index in [4.69, 9.17) is 11.6 Å². The van der Waals surface area contributed by atoms with Crippen LogP contribution in [0.25, 0.3) is 16.5 Å². The Morgan fingerprint density at radius 3 is 2.90 bits per heavy atom. The Balaban J connectivity index is 1.78. The topological polar surface area (TPSA) is 17.8 Å². The van der Waals surface area contributed by atoms with Crippen LogP contribution in [0.15, 0.2) is 23.4 Å². The number of benzene rings is 1. The van der Waals surface area contributed by atoms with Crippen molar-refractivity contribution < 1.29 is 0 Å². The molecular weight excluding hydrogens is 415 g/mol. The van der Waals surface area contributed by atoms with Gasteiger partial charge in [-0.1, -0.05) is 24.6 Å². The normalized spacial score (nSPS) is 33.1. The second-order valence-electron chi connectivity index (χ2n) is 7.20.